The van der Waals surface area contributed by atoms with Gasteiger partial charge in [0.05, 0.1) is 11.5 Å². The van der Waals surface area contributed by atoms with E-state index in [1.54, 1.807) is 11.9 Å². The minimum absolute atomic E-state index is 0.0255. The maximum absolute atomic E-state index is 12.7. The molecule has 0 radical (unpaired) electrons. The van der Waals surface area contributed by atoms with Crippen LogP contribution in [0, 0.1) is 22.2 Å². The maximum Gasteiger partial charge on any atom is 0.243 e. The van der Waals surface area contributed by atoms with Crippen molar-refractivity contribution < 1.29 is 9.59 Å². The van der Waals surface area contributed by atoms with Gasteiger partial charge in [-0.15, -0.1) is 0 Å². The molecule has 1 N–H and O–H groups in total. The van der Waals surface area contributed by atoms with E-state index < -0.39 is 10.8 Å². The summed E-state index contributed by atoms with van der Waals surface area (Å²) in [5, 5.41) is 12.1. The third-order valence-corrected chi connectivity index (χ3v) is 4.87. The third kappa shape index (κ3) is 2.39. The number of likely N-dealkylation sites (tertiary alicyclic amines) is 1. The predicted octanol–water partition coefficient (Wildman–Crippen LogP) is 1.45. The number of hydrogen-bond acceptors (Lipinski definition) is 3. The average molecular weight is 277 g/mol. The highest BCUT2D eigenvalue weighted by atomic mass is 16.2. The number of hydrogen-bond donors (Lipinski definition) is 1. The first kappa shape index (κ1) is 14.8. The molecule has 1 saturated carbocycles. The Morgan fingerprint density at radius 3 is 2.40 bits per heavy atom. The topological polar surface area (TPSA) is 73.2 Å². The van der Waals surface area contributed by atoms with Crippen molar-refractivity contribution in [2.75, 3.05) is 20.1 Å². The first-order valence-electron chi connectivity index (χ1n) is 7.40. The summed E-state index contributed by atoms with van der Waals surface area (Å²) in [5.74, 6) is -0.0882. The highest BCUT2D eigenvalue weighted by Crippen LogP contribution is 2.40. The zero-order valence-electron chi connectivity index (χ0n) is 12.4. The molecule has 110 valence electrons. The normalized spacial score (nSPS) is 28.8. The predicted molar refractivity (Wildman–Crippen MR) is 74.5 cm³/mol. The van der Waals surface area contributed by atoms with Crippen molar-refractivity contribution in [3.8, 4) is 6.07 Å². The molecule has 0 aromatic heterocycles. The number of amides is 2. The lowest BCUT2D eigenvalue weighted by Gasteiger charge is -2.33. The van der Waals surface area contributed by atoms with Crippen molar-refractivity contribution >= 4 is 11.8 Å². The molecule has 1 aliphatic carbocycles. The van der Waals surface area contributed by atoms with Crippen LogP contribution in [0.25, 0.3) is 0 Å². The van der Waals surface area contributed by atoms with Crippen LogP contribution in [0.15, 0.2) is 0 Å². The molecule has 2 amide bonds. The summed E-state index contributed by atoms with van der Waals surface area (Å²) in [4.78, 5) is 26.4. The molecule has 1 heterocycles. The molecule has 1 atom stereocenters. The molecule has 2 fully saturated rings. The van der Waals surface area contributed by atoms with Crippen LogP contribution in [0.1, 0.15) is 45.4 Å². The van der Waals surface area contributed by atoms with Gasteiger partial charge in [-0.3, -0.25) is 9.59 Å². The molecule has 1 aliphatic heterocycles. The zero-order chi connectivity index (χ0) is 14.8. The Morgan fingerprint density at radius 1 is 1.20 bits per heavy atom. The van der Waals surface area contributed by atoms with Crippen LogP contribution in [0.2, 0.25) is 0 Å². The van der Waals surface area contributed by atoms with Gasteiger partial charge in [0.2, 0.25) is 11.8 Å². The first-order chi connectivity index (χ1) is 9.47. The second-order valence-corrected chi connectivity index (χ2v) is 6.37. The van der Waals surface area contributed by atoms with Crippen LogP contribution in [-0.2, 0) is 9.59 Å². The molecule has 5 nitrogen and oxygen atoms in total. The van der Waals surface area contributed by atoms with Gasteiger partial charge in [0.1, 0.15) is 5.41 Å². The van der Waals surface area contributed by atoms with Crippen molar-refractivity contribution in [3.05, 3.63) is 0 Å². The van der Waals surface area contributed by atoms with Crippen molar-refractivity contribution in [2.24, 2.45) is 10.8 Å². The van der Waals surface area contributed by atoms with E-state index in [0.29, 0.717) is 32.4 Å². The third-order valence-electron chi connectivity index (χ3n) is 4.87. The molecular formula is C15H23N3O2. The molecule has 1 unspecified atom stereocenters. The number of nitriles is 1. The van der Waals surface area contributed by atoms with E-state index in [9.17, 15) is 14.9 Å². The first-order valence-corrected chi connectivity index (χ1v) is 7.40. The molecule has 1 saturated heterocycles. The van der Waals surface area contributed by atoms with Gasteiger partial charge in [0, 0.05) is 20.1 Å². The average Bonchev–Trinajstić information content (AvgIpc) is 2.90. The monoisotopic (exact) mass is 277 g/mol. The Kier molecular flexibility index (Phi) is 4.03. The number of nitrogens with zero attached hydrogens (tertiary/aromatic N) is 2. The smallest absolute Gasteiger partial charge is 0.243 e. The van der Waals surface area contributed by atoms with Crippen molar-refractivity contribution in [1.29, 1.82) is 5.26 Å². The molecule has 0 bridgehead atoms. The summed E-state index contributed by atoms with van der Waals surface area (Å²) in [6, 6.07) is 2.27. The summed E-state index contributed by atoms with van der Waals surface area (Å²) >= 11 is 0. The van der Waals surface area contributed by atoms with Gasteiger partial charge >= 0.3 is 0 Å². The van der Waals surface area contributed by atoms with Gasteiger partial charge in [-0.25, -0.2) is 0 Å². The van der Waals surface area contributed by atoms with Crippen LogP contribution < -0.4 is 5.32 Å². The lowest BCUT2D eigenvalue weighted by molar-refractivity contribution is -0.140. The van der Waals surface area contributed by atoms with Crippen molar-refractivity contribution in [1.82, 2.24) is 10.2 Å². The van der Waals surface area contributed by atoms with E-state index in [2.05, 4.69) is 11.4 Å². The Hall–Kier alpha value is -1.57. The summed E-state index contributed by atoms with van der Waals surface area (Å²) in [7, 11) is 1.62. The highest BCUT2D eigenvalue weighted by molar-refractivity contribution is 5.88. The van der Waals surface area contributed by atoms with Crippen molar-refractivity contribution in [2.45, 2.75) is 45.4 Å². The van der Waals surface area contributed by atoms with E-state index in [1.165, 1.54) is 0 Å². The van der Waals surface area contributed by atoms with Crippen LogP contribution in [-0.4, -0.2) is 36.9 Å². The number of nitrogens with one attached hydrogen (secondary N) is 1. The Bertz CT molecular complexity index is 449. The van der Waals surface area contributed by atoms with Gasteiger partial charge in [-0.2, -0.15) is 5.26 Å². The standard InChI is InChI=1S/C15H23N3O2/c1-14(12(19)17-2)8-9-18(11-14)13(20)15(10-16)6-4-3-5-7-15/h3-9,11H2,1-2H3,(H,17,19). The van der Waals surface area contributed by atoms with E-state index in [-0.39, 0.29) is 11.8 Å². The summed E-state index contributed by atoms with van der Waals surface area (Å²) in [5.41, 5.74) is -1.36. The molecule has 5 heteroatoms. The molecule has 2 rings (SSSR count). The van der Waals surface area contributed by atoms with Gasteiger partial charge in [0.15, 0.2) is 0 Å². The second kappa shape index (κ2) is 5.43. The zero-order valence-corrected chi connectivity index (χ0v) is 12.4. The fourth-order valence-corrected chi connectivity index (χ4v) is 3.45. The van der Waals surface area contributed by atoms with Gasteiger partial charge in [-0.1, -0.05) is 19.3 Å². The molecule has 0 aromatic carbocycles. The highest BCUT2D eigenvalue weighted by Gasteiger charge is 2.48. The SMILES string of the molecule is CNC(=O)C1(C)CCN(C(=O)C2(C#N)CCCCC2)C1. The Labute approximate surface area is 120 Å². The fourth-order valence-electron chi connectivity index (χ4n) is 3.45. The molecular weight excluding hydrogens is 254 g/mol. The van der Waals surface area contributed by atoms with Gasteiger partial charge in [0.25, 0.3) is 0 Å². The molecule has 0 aromatic rings. The lowest BCUT2D eigenvalue weighted by atomic mass is 9.74. The van der Waals surface area contributed by atoms with Crippen LogP contribution in [0.4, 0.5) is 0 Å². The van der Waals surface area contributed by atoms with Gasteiger partial charge in [-0.05, 0) is 26.2 Å². The number of carbonyl (C=O) groups is 2. The molecule has 0 spiro atoms. The quantitative estimate of drug-likeness (QED) is 0.830. The Balaban J connectivity index is 2.11. The second-order valence-electron chi connectivity index (χ2n) is 6.37. The minimum Gasteiger partial charge on any atom is -0.359 e. The summed E-state index contributed by atoms with van der Waals surface area (Å²) in [6.07, 6.45) is 4.98. The summed E-state index contributed by atoms with van der Waals surface area (Å²) in [6.45, 7) is 2.89. The minimum atomic E-state index is -0.841. The van der Waals surface area contributed by atoms with Crippen molar-refractivity contribution in [3.63, 3.8) is 0 Å². The van der Waals surface area contributed by atoms with Crippen LogP contribution >= 0.6 is 0 Å². The van der Waals surface area contributed by atoms with Crippen LogP contribution in [0.3, 0.4) is 0 Å². The lowest BCUT2D eigenvalue weighted by Crippen LogP contribution is -2.46. The van der Waals surface area contributed by atoms with Gasteiger partial charge < -0.3 is 10.2 Å². The largest absolute Gasteiger partial charge is 0.359 e. The molecule has 2 aliphatic rings. The van der Waals surface area contributed by atoms with E-state index in [0.717, 1.165) is 19.3 Å². The maximum atomic E-state index is 12.7. The Morgan fingerprint density at radius 2 is 1.85 bits per heavy atom. The van der Waals surface area contributed by atoms with E-state index in [1.807, 2.05) is 6.92 Å². The van der Waals surface area contributed by atoms with E-state index in [4.69, 9.17) is 0 Å². The number of rotatable bonds is 2. The van der Waals surface area contributed by atoms with Crippen LogP contribution in [0.5, 0.6) is 0 Å². The van der Waals surface area contributed by atoms with E-state index >= 15 is 0 Å². The number of carbonyl (C=O) groups excluding carboxylic acids is 2. The molecule has 20 heavy (non-hydrogen) atoms. The summed E-state index contributed by atoms with van der Waals surface area (Å²) < 4.78 is 0. The fraction of sp³-hybridized carbons (Fsp3) is 0.800.